The summed E-state index contributed by atoms with van der Waals surface area (Å²) in [6, 6.07) is 14.4. The lowest BCUT2D eigenvalue weighted by Crippen LogP contribution is -2.38. The van der Waals surface area contributed by atoms with E-state index in [-0.39, 0.29) is 5.91 Å². The van der Waals surface area contributed by atoms with Crippen molar-refractivity contribution < 1.29 is 9.53 Å². The normalized spacial score (nSPS) is 15.6. The number of hydrogen-bond donors (Lipinski definition) is 0. The van der Waals surface area contributed by atoms with Crippen molar-refractivity contribution in [3.8, 4) is 5.75 Å². The lowest BCUT2D eigenvalue weighted by molar-refractivity contribution is -0.132. The molecular weight excluding hydrogens is 288 g/mol. The minimum Gasteiger partial charge on any atom is -0.494 e. The molecule has 0 atom stereocenters. The molecule has 0 bridgehead atoms. The maximum atomic E-state index is 12.3. The van der Waals surface area contributed by atoms with Gasteiger partial charge >= 0.3 is 0 Å². The monoisotopic (exact) mass is 312 g/mol. The predicted molar refractivity (Wildman–Crippen MR) is 90.5 cm³/mol. The average molecular weight is 312 g/mol. The molecule has 4 heteroatoms. The van der Waals surface area contributed by atoms with E-state index in [1.165, 1.54) is 0 Å². The number of nitrogens with zero attached hydrogens (tertiary/aromatic N) is 2. The number of hydrogen-bond acceptors (Lipinski definition) is 2. The summed E-state index contributed by atoms with van der Waals surface area (Å²) in [7, 11) is 0. The standard InChI is InChI=1S/C19H24N2O2/c22-19(9-6-16-23-18-7-2-1-3-8-18)21-14-10-17(11-15-21)20-12-4-5-13-20/h1-5,7-8,12-13,17H,6,9-11,14-16H2. The van der Waals surface area contributed by atoms with Crippen molar-refractivity contribution in [3.63, 3.8) is 0 Å². The predicted octanol–water partition coefficient (Wildman–Crippen LogP) is 3.51. The van der Waals surface area contributed by atoms with E-state index >= 15 is 0 Å². The van der Waals surface area contributed by atoms with Crippen LogP contribution in [0.3, 0.4) is 0 Å². The molecule has 1 aromatic heterocycles. The highest BCUT2D eigenvalue weighted by atomic mass is 16.5. The minimum atomic E-state index is 0.257. The van der Waals surface area contributed by atoms with Gasteiger partial charge in [-0.25, -0.2) is 0 Å². The molecule has 4 nitrogen and oxygen atoms in total. The molecule has 0 spiro atoms. The molecule has 2 heterocycles. The first-order chi connectivity index (χ1) is 11.3. The highest BCUT2D eigenvalue weighted by molar-refractivity contribution is 5.76. The van der Waals surface area contributed by atoms with E-state index in [4.69, 9.17) is 4.74 Å². The van der Waals surface area contributed by atoms with Gasteiger partial charge in [0.2, 0.25) is 5.91 Å². The molecule has 0 aliphatic carbocycles. The number of amides is 1. The molecule has 1 aliphatic heterocycles. The second kappa shape index (κ2) is 7.86. The fourth-order valence-corrected chi connectivity index (χ4v) is 3.09. The van der Waals surface area contributed by atoms with E-state index in [0.717, 1.165) is 38.1 Å². The maximum absolute atomic E-state index is 12.3. The zero-order valence-electron chi connectivity index (χ0n) is 13.4. The molecule has 2 aromatic rings. The number of benzene rings is 1. The largest absolute Gasteiger partial charge is 0.494 e. The Balaban J connectivity index is 1.35. The fourth-order valence-electron chi connectivity index (χ4n) is 3.09. The molecule has 1 amide bonds. The van der Waals surface area contributed by atoms with Crippen molar-refractivity contribution in [2.24, 2.45) is 0 Å². The van der Waals surface area contributed by atoms with Crippen LogP contribution in [0.5, 0.6) is 5.75 Å². The maximum Gasteiger partial charge on any atom is 0.222 e. The van der Waals surface area contributed by atoms with Crippen molar-refractivity contribution in [2.45, 2.75) is 31.7 Å². The van der Waals surface area contributed by atoms with E-state index in [2.05, 4.69) is 29.1 Å². The molecule has 3 rings (SSSR count). The molecule has 0 unspecified atom stereocenters. The zero-order valence-corrected chi connectivity index (χ0v) is 13.4. The molecule has 1 saturated heterocycles. The quantitative estimate of drug-likeness (QED) is 0.765. The summed E-state index contributed by atoms with van der Waals surface area (Å²) in [6.07, 6.45) is 7.65. The Hall–Kier alpha value is -2.23. The third-order valence-electron chi connectivity index (χ3n) is 4.41. The first-order valence-electron chi connectivity index (χ1n) is 8.41. The van der Waals surface area contributed by atoms with Crippen LogP contribution in [-0.2, 0) is 4.79 Å². The number of ether oxygens (including phenoxy) is 1. The summed E-state index contributed by atoms with van der Waals surface area (Å²) in [5, 5.41) is 0. The van der Waals surface area contributed by atoms with E-state index in [0.29, 0.717) is 19.1 Å². The number of para-hydroxylation sites is 1. The summed E-state index contributed by atoms with van der Waals surface area (Å²) in [4.78, 5) is 14.3. The van der Waals surface area contributed by atoms with Crippen molar-refractivity contribution in [3.05, 3.63) is 54.9 Å². The van der Waals surface area contributed by atoms with Crippen LogP contribution in [0.25, 0.3) is 0 Å². The van der Waals surface area contributed by atoms with Gasteiger partial charge in [-0.05, 0) is 43.5 Å². The summed E-state index contributed by atoms with van der Waals surface area (Å²) in [5.41, 5.74) is 0. The molecule has 0 N–H and O–H groups in total. The van der Waals surface area contributed by atoms with Gasteiger partial charge in [0, 0.05) is 37.9 Å². The van der Waals surface area contributed by atoms with E-state index in [1.54, 1.807) is 0 Å². The number of rotatable bonds is 6. The molecule has 1 aliphatic rings. The van der Waals surface area contributed by atoms with Gasteiger partial charge in [-0.2, -0.15) is 0 Å². The van der Waals surface area contributed by atoms with Gasteiger partial charge in [-0.3, -0.25) is 4.79 Å². The Morgan fingerprint density at radius 2 is 1.74 bits per heavy atom. The van der Waals surface area contributed by atoms with E-state index in [9.17, 15) is 4.79 Å². The van der Waals surface area contributed by atoms with Crippen LogP contribution in [0.4, 0.5) is 0 Å². The molecule has 0 radical (unpaired) electrons. The topological polar surface area (TPSA) is 34.5 Å². The summed E-state index contributed by atoms with van der Waals surface area (Å²) >= 11 is 0. The van der Waals surface area contributed by atoms with Crippen LogP contribution in [0.1, 0.15) is 31.7 Å². The SMILES string of the molecule is O=C(CCCOc1ccccc1)N1CCC(n2cccc2)CC1. The second-order valence-corrected chi connectivity index (χ2v) is 6.01. The molecular formula is C19H24N2O2. The number of likely N-dealkylation sites (tertiary alicyclic amines) is 1. The van der Waals surface area contributed by atoms with Crippen LogP contribution >= 0.6 is 0 Å². The van der Waals surface area contributed by atoms with Crippen LogP contribution < -0.4 is 4.74 Å². The van der Waals surface area contributed by atoms with Crippen LogP contribution in [0.2, 0.25) is 0 Å². The third kappa shape index (κ3) is 4.38. The number of carbonyl (C=O) groups excluding carboxylic acids is 1. The Morgan fingerprint density at radius 1 is 1.04 bits per heavy atom. The van der Waals surface area contributed by atoms with Crippen molar-refractivity contribution in [1.29, 1.82) is 0 Å². The van der Waals surface area contributed by atoms with Crippen LogP contribution in [0.15, 0.2) is 54.9 Å². The molecule has 0 saturated carbocycles. The number of aromatic nitrogens is 1. The van der Waals surface area contributed by atoms with Crippen molar-refractivity contribution in [2.75, 3.05) is 19.7 Å². The van der Waals surface area contributed by atoms with Gasteiger partial charge in [0.1, 0.15) is 5.75 Å². The highest BCUT2D eigenvalue weighted by Crippen LogP contribution is 2.23. The first kappa shape index (κ1) is 15.7. The van der Waals surface area contributed by atoms with Crippen LogP contribution in [-0.4, -0.2) is 35.1 Å². The van der Waals surface area contributed by atoms with Crippen molar-refractivity contribution in [1.82, 2.24) is 9.47 Å². The van der Waals surface area contributed by atoms with Gasteiger partial charge in [-0.15, -0.1) is 0 Å². The smallest absolute Gasteiger partial charge is 0.222 e. The van der Waals surface area contributed by atoms with Gasteiger partial charge in [0.15, 0.2) is 0 Å². The third-order valence-corrected chi connectivity index (χ3v) is 4.41. The van der Waals surface area contributed by atoms with Gasteiger partial charge in [-0.1, -0.05) is 18.2 Å². The average Bonchev–Trinajstić information content (AvgIpc) is 3.14. The fraction of sp³-hybridized carbons (Fsp3) is 0.421. The second-order valence-electron chi connectivity index (χ2n) is 6.01. The van der Waals surface area contributed by atoms with E-state index < -0.39 is 0 Å². The van der Waals surface area contributed by atoms with Gasteiger partial charge < -0.3 is 14.2 Å². The molecule has 23 heavy (non-hydrogen) atoms. The van der Waals surface area contributed by atoms with Crippen LogP contribution in [0, 0.1) is 0 Å². The zero-order chi connectivity index (χ0) is 15.9. The Morgan fingerprint density at radius 3 is 2.43 bits per heavy atom. The molecule has 122 valence electrons. The minimum absolute atomic E-state index is 0.257. The Kier molecular flexibility index (Phi) is 5.35. The van der Waals surface area contributed by atoms with E-state index in [1.807, 2.05) is 35.2 Å². The molecule has 1 aromatic carbocycles. The summed E-state index contributed by atoms with van der Waals surface area (Å²) in [6.45, 7) is 2.32. The summed E-state index contributed by atoms with van der Waals surface area (Å²) in [5.74, 6) is 1.13. The molecule has 1 fully saturated rings. The lowest BCUT2D eigenvalue weighted by Gasteiger charge is -2.32. The highest BCUT2D eigenvalue weighted by Gasteiger charge is 2.22. The Labute approximate surface area is 137 Å². The Bertz CT molecular complexity index is 587. The first-order valence-corrected chi connectivity index (χ1v) is 8.41. The number of carbonyl (C=O) groups is 1. The number of piperidine rings is 1. The van der Waals surface area contributed by atoms with Crippen molar-refractivity contribution >= 4 is 5.91 Å². The van der Waals surface area contributed by atoms with Gasteiger partial charge in [0.25, 0.3) is 0 Å². The van der Waals surface area contributed by atoms with Gasteiger partial charge in [0.05, 0.1) is 6.61 Å². The summed E-state index contributed by atoms with van der Waals surface area (Å²) < 4.78 is 7.90. The lowest BCUT2D eigenvalue weighted by atomic mass is 10.0.